The van der Waals surface area contributed by atoms with E-state index in [0.29, 0.717) is 6.07 Å². The fourth-order valence-electron chi connectivity index (χ4n) is 1.01. The first-order valence-corrected chi connectivity index (χ1v) is 4.55. The van der Waals surface area contributed by atoms with E-state index in [4.69, 9.17) is 10.8 Å². The molecule has 1 aromatic carbocycles. The highest BCUT2D eigenvalue weighted by Crippen LogP contribution is 2.37. The minimum atomic E-state index is -4.66. The van der Waals surface area contributed by atoms with Crippen LogP contribution in [0.15, 0.2) is 21.7 Å². The molecule has 0 saturated carbocycles. The summed E-state index contributed by atoms with van der Waals surface area (Å²) in [6, 6.07) is 3.02. The zero-order chi connectivity index (χ0) is 12.3. The van der Waals surface area contributed by atoms with E-state index < -0.39 is 17.3 Å². The van der Waals surface area contributed by atoms with Crippen LogP contribution in [-0.4, -0.2) is 0 Å². The maximum atomic E-state index is 12.5. The Balaban J connectivity index is 3.54. The molecule has 4 nitrogen and oxygen atoms in total. The van der Waals surface area contributed by atoms with Gasteiger partial charge in [0.1, 0.15) is 0 Å². The third-order valence-corrected chi connectivity index (χ3v) is 2.30. The predicted molar refractivity (Wildman–Crippen MR) is 52.7 cm³/mol. The normalized spacial score (nSPS) is 10.4. The number of hydrogen-bond donors (Lipinski definition) is 0. The Morgan fingerprint density at radius 2 is 2.06 bits per heavy atom. The van der Waals surface area contributed by atoms with E-state index in [2.05, 4.69) is 26.0 Å². The number of halogens is 4. The first kappa shape index (κ1) is 12.4. The molecule has 0 fully saturated rings. The second kappa shape index (κ2) is 4.43. The molecular formula is C8H2BrF3N4. The van der Waals surface area contributed by atoms with Crippen molar-refractivity contribution in [2.75, 3.05) is 0 Å². The van der Waals surface area contributed by atoms with E-state index in [1.165, 1.54) is 6.07 Å². The van der Waals surface area contributed by atoms with Gasteiger partial charge in [0.25, 0.3) is 0 Å². The highest BCUT2D eigenvalue weighted by Gasteiger charge is 2.34. The van der Waals surface area contributed by atoms with Crippen LogP contribution in [0.25, 0.3) is 10.4 Å². The molecule has 0 aliphatic rings. The topological polar surface area (TPSA) is 72.5 Å². The second-order valence-corrected chi connectivity index (χ2v) is 3.50. The highest BCUT2D eigenvalue weighted by molar-refractivity contribution is 9.10. The molecule has 0 heterocycles. The first-order valence-electron chi connectivity index (χ1n) is 3.76. The number of nitrogens with zero attached hydrogens (tertiary/aromatic N) is 4. The predicted octanol–water partition coefficient (Wildman–Crippen LogP) is 4.28. The van der Waals surface area contributed by atoms with Crippen molar-refractivity contribution in [2.45, 2.75) is 6.18 Å². The quantitative estimate of drug-likeness (QED) is 0.432. The van der Waals surface area contributed by atoms with Crippen LogP contribution >= 0.6 is 15.9 Å². The lowest BCUT2D eigenvalue weighted by atomic mass is 10.1. The van der Waals surface area contributed by atoms with Gasteiger partial charge >= 0.3 is 6.18 Å². The van der Waals surface area contributed by atoms with Crippen molar-refractivity contribution in [3.8, 4) is 6.07 Å². The molecule has 0 aliphatic heterocycles. The molecule has 0 spiro atoms. The fraction of sp³-hybridized carbons (Fsp3) is 0.125. The average Bonchev–Trinajstić information content (AvgIpc) is 2.19. The summed E-state index contributed by atoms with van der Waals surface area (Å²) in [6.45, 7) is 0. The van der Waals surface area contributed by atoms with Crippen molar-refractivity contribution in [1.29, 1.82) is 5.26 Å². The van der Waals surface area contributed by atoms with E-state index >= 15 is 0 Å². The van der Waals surface area contributed by atoms with Gasteiger partial charge in [0, 0.05) is 9.38 Å². The Labute approximate surface area is 96.1 Å². The van der Waals surface area contributed by atoms with Gasteiger partial charge in [-0.05, 0) is 17.7 Å². The van der Waals surface area contributed by atoms with Crippen molar-refractivity contribution in [3.63, 3.8) is 0 Å². The van der Waals surface area contributed by atoms with Crippen molar-refractivity contribution in [1.82, 2.24) is 0 Å². The molecule has 16 heavy (non-hydrogen) atoms. The smallest absolute Gasteiger partial charge is 0.192 e. The van der Waals surface area contributed by atoms with Gasteiger partial charge in [-0.2, -0.15) is 18.4 Å². The van der Waals surface area contributed by atoms with E-state index in [9.17, 15) is 13.2 Å². The highest BCUT2D eigenvalue weighted by atomic mass is 79.9. The van der Waals surface area contributed by atoms with E-state index in [1.807, 2.05) is 0 Å². The largest absolute Gasteiger partial charge is 0.417 e. The van der Waals surface area contributed by atoms with E-state index in [0.717, 1.165) is 6.07 Å². The average molecular weight is 291 g/mol. The monoisotopic (exact) mass is 290 g/mol. The van der Waals surface area contributed by atoms with Crippen LogP contribution < -0.4 is 0 Å². The molecule has 0 aliphatic carbocycles. The van der Waals surface area contributed by atoms with Gasteiger partial charge in [-0.3, -0.25) is 0 Å². The Bertz CT molecular complexity index is 511. The van der Waals surface area contributed by atoms with Gasteiger partial charge in [-0.25, -0.2) is 0 Å². The number of nitriles is 1. The second-order valence-electron chi connectivity index (χ2n) is 2.65. The lowest BCUT2D eigenvalue weighted by Gasteiger charge is -2.10. The Morgan fingerprint density at radius 3 is 2.50 bits per heavy atom. The molecule has 8 heteroatoms. The van der Waals surface area contributed by atoms with Gasteiger partial charge in [0.15, 0.2) is 0 Å². The molecule has 0 saturated heterocycles. The Kier molecular flexibility index (Phi) is 3.42. The lowest BCUT2D eigenvalue weighted by Crippen LogP contribution is -2.07. The number of azide groups is 1. The van der Waals surface area contributed by atoms with Gasteiger partial charge in [0.05, 0.1) is 22.9 Å². The molecule has 0 unspecified atom stereocenters. The van der Waals surface area contributed by atoms with Gasteiger partial charge in [0.2, 0.25) is 0 Å². The van der Waals surface area contributed by atoms with Crippen molar-refractivity contribution < 1.29 is 13.2 Å². The maximum absolute atomic E-state index is 12.5. The van der Waals surface area contributed by atoms with E-state index in [-0.39, 0.29) is 10.2 Å². The van der Waals surface area contributed by atoms with Crippen molar-refractivity contribution >= 4 is 21.6 Å². The SMILES string of the molecule is N#Cc1cc(Br)c(N=[N+]=[N-])cc1C(F)(F)F. The van der Waals surface area contributed by atoms with Gasteiger partial charge in [-0.15, -0.1) is 0 Å². The molecule has 1 rings (SSSR count). The summed E-state index contributed by atoms with van der Waals surface area (Å²) in [7, 11) is 0. The molecule has 0 amide bonds. The Morgan fingerprint density at radius 1 is 1.44 bits per heavy atom. The minimum Gasteiger partial charge on any atom is -0.192 e. The summed E-state index contributed by atoms with van der Waals surface area (Å²) in [5.74, 6) is 0. The minimum absolute atomic E-state index is 0.134. The third-order valence-electron chi connectivity index (χ3n) is 1.67. The molecule has 0 radical (unpaired) electrons. The van der Waals surface area contributed by atoms with Crippen LogP contribution in [0.1, 0.15) is 11.1 Å². The standard InChI is InChI=1S/C8H2BrF3N4/c9-6-1-4(3-13)5(8(10,11)12)2-7(6)15-16-14/h1-2H. The molecular weight excluding hydrogens is 289 g/mol. The van der Waals surface area contributed by atoms with E-state index in [1.54, 1.807) is 0 Å². The van der Waals surface area contributed by atoms with Crippen LogP contribution in [-0.2, 0) is 6.18 Å². The molecule has 82 valence electrons. The fourth-order valence-corrected chi connectivity index (χ4v) is 1.44. The van der Waals surface area contributed by atoms with Gasteiger partial charge < -0.3 is 0 Å². The van der Waals surface area contributed by atoms with Crippen LogP contribution in [0.5, 0.6) is 0 Å². The van der Waals surface area contributed by atoms with Gasteiger partial charge in [-0.1, -0.05) is 21.0 Å². The zero-order valence-corrected chi connectivity index (χ0v) is 9.04. The third kappa shape index (κ3) is 2.45. The molecule has 1 aromatic rings. The van der Waals surface area contributed by atoms with Crippen LogP contribution in [0.4, 0.5) is 18.9 Å². The summed E-state index contributed by atoms with van der Waals surface area (Å²) in [5, 5.41) is 11.6. The number of benzene rings is 1. The summed E-state index contributed by atoms with van der Waals surface area (Å²) in [5.41, 5.74) is 6.29. The van der Waals surface area contributed by atoms with Crippen molar-refractivity contribution in [2.24, 2.45) is 5.11 Å². The summed E-state index contributed by atoms with van der Waals surface area (Å²) in [6.07, 6.45) is -4.66. The zero-order valence-electron chi connectivity index (χ0n) is 7.46. The van der Waals surface area contributed by atoms with Crippen LogP contribution in [0.2, 0.25) is 0 Å². The molecule has 0 bridgehead atoms. The first-order chi connectivity index (χ1) is 7.40. The number of alkyl halides is 3. The molecule has 0 atom stereocenters. The summed E-state index contributed by atoms with van der Waals surface area (Å²) < 4.78 is 37.6. The van der Waals surface area contributed by atoms with Crippen molar-refractivity contribution in [3.05, 3.63) is 38.2 Å². The molecule has 0 N–H and O–H groups in total. The van der Waals surface area contributed by atoms with Crippen LogP contribution in [0, 0.1) is 11.3 Å². The Hall–Kier alpha value is -1.71. The number of rotatable bonds is 1. The maximum Gasteiger partial charge on any atom is 0.417 e. The summed E-state index contributed by atoms with van der Waals surface area (Å²) in [4.78, 5) is 2.39. The lowest BCUT2D eigenvalue weighted by molar-refractivity contribution is -0.137. The van der Waals surface area contributed by atoms with Crippen LogP contribution in [0.3, 0.4) is 0 Å². The number of hydrogen-bond acceptors (Lipinski definition) is 2. The molecule has 0 aromatic heterocycles. The summed E-state index contributed by atoms with van der Waals surface area (Å²) >= 11 is 2.91.